The van der Waals surface area contributed by atoms with E-state index in [1.807, 2.05) is 6.07 Å². The maximum atomic E-state index is 14.5. The van der Waals surface area contributed by atoms with Crippen LogP contribution in [0, 0.1) is 17.1 Å². The molecule has 34 heavy (non-hydrogen) atoms. The molecule has 2 heterocycles. The number of likely N-dealkylation sites (N-methyl/N-ethyl adjacent to an activating group) is 1. The van der Waals surface area contributed by atoms with Gasteiger partial charge in [-0.1, -0.05) is 17.7 Å². The number of nitrogens with one attached hydrogen (secondary N) is 2. The molecule has 1 aliphatic rings. The van der Waals surface area contributed by atoms with Gasteiger partial charge < -0.3 is 20.1 Å². The van der Waals surface area contributed by atoms with Gasteiger partial charge >= 0.3 is 0 Å². The molecule has 0 bridgehead atoms. The molecule has 1 aliphatic heterocycles. The van der Waals surface area contributed by atoms with E-state index >= 15 is 0 Å². The summed E-state index contributed by atoms with van der Waals surface area (Å²) in [6.07, 6.45) is 1.28. The standard InChI is InChI=1S/C23H22ClFN6O3/c1-31-11-13(8-18(31)23(32)27-7-6-26)34-20-9-14-17(10-19(20)33-2)28-12-29-22(14)30-16-5-3-4-15(24)21(16)25/h3-5,9-10,12-13,18H,7-8,11H2,1-2H3,(H,27,32)(H,28,29,30)/t13-,18-/m0/s1/i1D. The van der Waals surface area contributed by atoms with Crippen LogP contribution in [0.15, 0.2) is 36.7 Å². The third kappa shape index (κ3) is 4.81. The van der Waals surface area contributed by atoms with Crippen LogP contribution in [0.5, 0.6) is 11.5 Å². The van der Waals surface area contributed by atoms with E-state index in [2.05, 4.69) is 20.6 Å². The van der Waals surface area contributed by atoms with Crippen molar-refractivity contribution in [2.45, 2.75) is 18.6 Å². The van der Waals surface area contributed by atoms with Gasteiger partial charge in [-0.05, 0) is 25.2 Å². The van der Waals surface area contributed by atoms with Gasteiger partial charge in [0.15, 0.2) is 17.3 Å². The number of ether oxygens (including phenoxy) is 2. The van der Waals surface area contributed by atoms with Gasteiger partial charge in [-0.15, -0.1) is 0 Å². The molecule has 2 N–H and O–H groups in total. The van der Waals surface area contributed by atoms with Crippen molar-refractivity contribution >= 4 is 39.9 Å². The van der Waals surface area contributed by atoms with Crippen molar-refractivity contribution in [3.8, 4) is 17.6 Å². The lowest BCUT2D eigenvalue weighted by Crippen LogP contribution is -2.41. The minimum Gasteiger partial charge on any atom is -0.493 e. The van der Waals surface area contributed by atoms with E-state index < -0.39 is 18.0 Å². The van der Waals surface area contributed by atoms with Gasteiger partial charge in [0, 0.05) is 25.8 Å². The number of rotatable bonds is 7. The molecule has 11 heteroatoms. The van der Waals surface area contributed by atoms with E-state index in [1.165, 1.54) is 19.5 Å². The molecule has 0 spiro atoms. The number of carbonyl (C=O) groups is 1. The Kier molecular flexibility index (Phi) is 6.56. The first kappa shape index (κ1) is 22.1. The van der Waals surface area contributed by atoms with Crippen molar-refractivity contribution in [1.82, 2.24) is 20.2 Å². The van der Waals surface area contributed by atoms with E-state index in [9.17, 15) is 9.18 Å². The number of halogens is 2. The summed E-state index contributed by atoms with van der Waals surface area (Å²) < 4.78 is 33.9. The first-order chi connectivity index (χ1) is 16.9. The van der Waals surface area contributed by atoms with Gasteiger partial charge in [-0.25, -0.2) is 14.4 Å². The predicted octanol–water partition coefficient (Wildman–Crippen LogP) is 3.27. The van der Waals surface area contributed by atoms with Crippen LogP contribution in [0.4, 0.5) is 15.9 Å². The number of hydrogen-bond donors (Lipinski definition) is 2. The molecule has 1 aromatic heterocycles. The van der Waals surface area contributed by atoms with Crippen LogP contribution in [-0.4, -0.2) is 60.1 Å². The number of anilines is 2. The average molecular weight is 486 g/mol. The highest BCUT2D eigenvalue weighted by Crippen LogP contribution is 2.37. The molecule has 0 saturated carbocycles. The van der Waals surface area contributed by atoms with Crippen LogP contribution in [0.25, 0.3) is 10.9 Å². The fourth-order valence-corrected chi connectivity index (χ4v) is 3.96. The third-order valence-electron chi connectivity index (χ3n) is 5.43. The Morgan fingerprint density at radius 2 is 2.26 bits per heavy atom. The van der Waals surface area contributed by atoms with E-state index in [-0.39, 0.29) is 30.2 Å². The van der Waals surface area contributed by atoms with E-state index in [0.717, 1.165) is 0 Å². The van der Waals surface area contributed by atoms with Crippen molar-refractivity contribution in [3.05, 3.63) is 47.5 Å². The molecule has 0 aliphatic carbocycles. The van der Waals surface area contributed by atoms with Gasteiger partial charge in [0.2, 0.25) is 5.91 Å². The van der Waals surface area contributed by atoms with Crippen LogP contribution in [-0.2, 0) is 4.79 Å². The summed E-state index contributed by atoms with van der Waals surface area (Å²) in [6.45, 7) is 0.244. The fourth-order valence-electron chi connectivity index (χ4n) is 3.79. The number of aromatic nitrogens is 2. The Labute approximate surface area is 201 Å². The molecular weight excluding hydrogens is 463 g/mol. The summed E-state index contributed by atoms with van der Waals surface area (Å²) in [4.78, 5) is 22.6. The lowest BCUT2D eigenvalue weighted by atomic mass is 10.1. The molecule has 0 unspecified atom stereocenters. The quantitative estimate of drug-likeness (QED) is 0.490. The minimum atomic E-state index is -0.604. The smallest absolute Gasteiger partial charge is 0.238 e. The van der Waals surface area contributed by atoms with Crippen molar-refractivity contribution in [3.63, 3.8) is 0 Å². The second-order valence-electron chi connectivity index (χ2n) is 7.61. The Bertz CT molecular complexity index is 1290. The molecule has 1 fully saturated rings. The zero-order valence-electron chi connectivity index (χ0n) is 19.2. The number of nitriles is 1. The summed E-state index contributed by atoms with van der Waals surface area (Å²) >= 11 is 5.90. The maximum Gasteiger partial charge on any atom is 0.238 e. The summed E-state index contributed by atoms with van der Waals surface area (Å²) in [7, 11) is 1.41. The third-order valence-corrected chi connectivity index (χ3v) is 5.72. The highest BCUT2D eigenvalue weighted by molar-refractivity contribution is 6.31. The molecule has 0 radical (unpaired) electrons. The number of hydrogen-bond acceptors (Lipinski definition) is 8. The fraction of sp³-hybridized carbons (Fsp3) is 0.304. The highest BCUT2D eigenvalue weighted by Gasteiger charge is 2.36. The average Bonchev–Trinajstić information content (AvgIpc) is 3.28. The highest BCUT2D eigenvalue weighted by atomic mass is 35.5. The van der Waals surface area contributed by atoms with Gasteiger partial charge in [0.05, 0.1) is 35.4 Å². The molecular formula is C23H22ClFN6O3. The van der Waals surface area contributed by atoms with Crippen molar-refractivity contribution in [2.24, 2.45) is 0 Å². The number of amides is 1. The van der Waals surface area contributed by atoms with E-state index in [1.54, 1.807) is 29.2 Å². The largest absolute Gasteiger partial charge is 0.493 e. The Morgan fingerprint density at radius 3 is 3.03 bits per heavy atom. The number of likely N-dealkylation sites (tertiary alicyclic amines) is 1. The predicted molar refractivity (Wildman–Crippen MR) is 125 cm³/mol. The zero-order valence-corrected chi connectivity index (χ0v) is 19.0. The molecule has 2 aromatic carbocycles. The van der Waals surface area contributed by atoms with E-state index in [0.29, 0.717) is 41.2 Å². The Balaban J connectivity index is 1.63. The summed E-state index contributed by atoms with van der Waals surface area (Å²) in [5.74, 6) is 0.229. The molecule has 176 valence electrons. The number of benzene rings is 2. The van der Waals surface area contributed by atoms with Crippen LogP contribution in [0.3, 0.4) is 0 Å². The van der Waals surface area contributed by atoms with Gasteiger partial charge in [0.25, 0.3) is 0 Å². The van der Waals surface area contributed by atoms with Crippen LogP contribution < -0.4 is 20.1 Å². The van der Waals surface area contributed by atoms with Crippen LogP contribution in [0.1, 0.15) is 7.79 Å². The molecule has 2 atom stereocenters. The molecule has 4 rings (SSSR count). The minimum absolute atomic E-state index is 0.0207. The molecule has 9 nitrogen and oxygen atoms in total. The molecule has 1 amide bonds. The lowest BCUT2D eigenvalue weighted by molar-refractivity contribution is -0.124. The van der Waals surface area contributed by atoms with Gasteiger partial charge in [-0.2, -0.15) is 5.26 Å². The van der Waals surface area contributed by atoms with Crippen molar-refractivity contribution in [2.75, 3.05) is 32.5 Å². The molecule has 3 aromatic rings. The second-order valence-corrected chi connectivity index (χ2v) is 8.01. The van der Waals surface area contributed by atoms with Crippen molar-refractivity contribution < 1.29 is 20.0 Å². The summed E-state index contributed by atoms with van der Waals surface area (Å²) in [6, 6.07) is 9.28. The Hall–Kier alpha value is -3.68. The topological polar surface area (TPSA) is 112 Å². The second kappa shape index (κ2) is 10.1. The van der Waals surface area contributed by atoms with Gasteiger partial charge in [0.1, 0.15) is 24.8 Å². The van der Waals surface area contributed by atoms with E-state index in [4.69, 9.17) is 27.7 Å². The normalized spacial score (nSPS) is 18.2. The number of carbonyl (C=O) groups excluding carboxylic acids is 1. The SMILES string of the molecule is [2H]CN1C[C@@H](Oc2cc3c(Nc4cccc(Cl)c4F)ncnc3cc2OC)C[C@H]1C(=O)NCC#N. The monoisotopic (exact) mass is 485 g/mol. The van der Waals surface area contributed by atoms with Crippen LogP contribution in [0.2, 0.25) is 5.02 Å². The summed E-state index contributed by atoms with van der Waals surface area (Å²) in [5.41, 5.74) is 0.700. The van der Waals surface area contributed by atoms with Crippen molar-refractivity contribution in [1.29, 1.82) is 5.26 Å². The Morgan fingerprint density at radius 1 is 1.41 bits per heavy atom. The number of methoxy groups -OCH3 is 1. The maximum absolute atomic E-state index is 14.5. The first-order valence-corrected chi connectivity index (χ1v) is 10.7. The first-order valence-electron chi connectivity index (χ1n) is 11.0. The zero-order chi connectivity index (χ0) is 24.9. The number of fused-ring (bicyclic) bond motifs is 1. The van der Waals surface area contributed by atoms with Gasteiger partial charge in [-0.3, -0.25) is 9.69 Å². The summed E-state index contributed by atoms with van der Waals surface area (Å²) in [5, 5.41) is 14.7. The number of nitrogens with zero attached hydrogens (tertiary/aromatic N) is 4. The lowest BCUT2D eigenvalue weighted by Gasteiger charge is -2.17. The molecule has 1 saturated heterocycles. The van der Waals surface area contributed by atoms with Crippen LogP contribution >= 0.6 is 11.6 Å².